The van der Waals surface area contributed by atoms with E-state index in [-0.39, 0.29) is 0 Å². The third kappa shape index (κ3) is 2.64. The maximum Gasteiger partial charge on any atom is 0.185 e. The molecule has 0 atom stereocenters. The molecular formula is C12H18N4S2. The van der Waals surface area contributed by atoms with Gasteiger partial charge in [-0.1, -0.05) is 18.3 Å². The Morgan fingerprint density at radius 1 is 1.28 bits per heavy atom. The number of nitrogens with one attached hydrogen (secondary N) is 1. The second-order valence-corrected chi connectivity index (χ2v) is 5.92. The molecular weight excluding hydrogens is 264 g/mol. The Labute approximate surface area is 116 Å². The summed E-state index contributed by atoms with van der Waals surface area (Å²) in [5.41, 5.74) is 2.18. The van der Waals surface area contributed by atoms with Gasteiger partial charge in [-0.2, -0.15) is 0 Å². The lowest BCUT2D eigenvalue weighted by Crippen LogP contribution is -2.07. The predicted octanol–water partition coefficient (Wildman–Crippen LogP) is 3.33. The summed E-state index contributed by atoms with van der Waals surface area (Å²) in [6.07, 6.45) is 0.938. The summed E-state index contributed by atoms with van der Waals surface area (Å²) >= 11 is 3.36. The summed E-state index contributed by atoms with van der Waals surface area (Å²) < 4.78 is 0. The highest BCUT2D eigenvalue weighted by atomic mass is 32.1. The summed E-state index contributed by atoms with van der Waals surface area (Å²) in [5, 5.41) is 7.37. The van der Waals surface area contributed by atoms with E-state index in [9.17, 15) is 0 Å². The highest BCUT2D eigenvalue weighted by Crippen LogP contribution is 2.35. The van der Waals surface area contributed by atoms with E-state index in [1.165, 1.54) is 4.88 Å². The van der Waals surface area contributed by atoms with Crippen LogP contribution in [-0.4, -0.2) is 30.6 Å². The predicted molar refractivity (Wildman–Crippen MR) is 81.1 cm³/mol. The summed E-state index contributed by atoms with van der Waals surface area (Å²) in [5.74, 6) is 0. The van der Waals surface area contributed by atoms with E-state index >= 15 is 0 Å². The Morgan fingerprint density at radius 2 is 2.06 bits per heavy atom. The first-order valence-corrected chi connectivity index (χ1v) is 7.72. The Hall–Kier alpha value is -1.14. The molecule has 18 heavy (non-hydrogen) atoms. The molecule has 4 nitrogen and oxygen atoms in total. The van der Waals surface area contributed by atoms with Gasteiger partial charge in [0, 0.05) is 26.0 Å². The van der Waals surface area contributed by atoms with Gasteiger partial charge in [0.15, 0.2) is 10.3 Å². The number of rotatable bonds is 5. The van der Waals surface area contributed by atoms with Crippen LogP contribution in [0.2, 0.25) is 0 Å². The average molecular weight is 282 g/mol. The summed E-state index contributed by atoms with van der Waals surface area (Å²) in [6, 6.07) is 0. The fourth-order valence-corrected chi connectivity index (χ4v) is 3.47. The Bertz CT molecular complexity index is 516. The van der Waals surface area contributed by atoms with Crippen molar-refractivity contribution in [3.8, 4) is 10.6 Å². The van der Waals surface area contributed by atoms with Gasteiger partial charge < -0.3 is 10.2 Å². The Kier molecular flexibility index (Phi) is 4.19. The lowest BCUT2D eigenvalue weighted by molar-refractivity contribution is 1.03. The minimum absolute atomic E-state index is 0.902. The van der Waals surface area contributed by atoms with Gasteiger partial charge >= 0.3 is 0 Å². The van der Waals surface area contributed by atoms with Crippen molar-refractivity contribution in [1.82, 2.24) is 9.97 Å². The van der Waals surface area contributed by atoms with E-state index in [4.69, 9.17) is 0 Å². The van der Waals surface area contributed by atoms with Crippen molar-refractivity contribution in [2.24, 2.45) is 0 Å². The zero-order valence-electron chi connectivity index (χ0n) is 11.1. The second kappa shape index (κ2) is 5.67. The molecule has 0 aliphatic heterocycles. The van der Waals surface area contributed by atoms with Crippen LogP contribution < -0.4 is 10.2 Å². The quantitative estimate of drug-likeness (QED) is 0.913. The normalized spacial score (nSPS) is 10.7. The number of anilines is 2. The van der Waals surface area contributed by atoms with Crippen LogP contribution in [-0.2, 0) is 6.42 Å². The van der Waals surface area contributed by atoms with Crippen molar-refractivity contribution in [2.75, 3.05) is 30.9 Å². The molecule has 0 aliphatic rings. The van der Waals surface area contributed by atoms with E-state index in [0.717, 1.165) is 34.6 Å². The first kappa shape index (κ1) is 13.3. The van der Waals surface area contributed by atoms with Gasteiger partial charge in [-0.15, -0.1) is 11.3 Å². The average Bonchev–Trinajstić information content (AvgIpc) is 2.94. The number of hydrogen-bond donors (Lipinski definition) is 1. The van der Waals surface area contributed by atoms with Crippen LogP contribution in [0.15, 0.2) is 5.38 Å². The van der Waals surface area contributed by atoms with Gasteiger partial charge in [0.2, 0.25) is 0 Å². The van der Waals surface area contributed by atoms with E-state index in [1.54, 1.807) is 22.7 Å². The highest BCUT2D eigenvalue weighted by molar-refractivity contribution is 7.19. The van der Waals surface area contributed by atoms with Gasteiger partial charge in [-0.3, -0.25) is 0 Å². The third-order valence-corrected chi connectivity index (χ3v) is 4.56. The van der Waals surface area contributed by atoms with E-state index < -0.39 is 0 Å². The van der Waals surface area contributed by atoms with Crippen LogP contribution in [0, 0.1) is 0 Å². The first-order valence-electron chi connectivity index (χ1n) is 6.02. The monoisotopic (exact) mass is 282 g/mol. The first-order chi connectivity index (χ1) is 8.65. The van der Waals surface area contributed by atoms with Crippen molar-refractivity contribution in [1.29, 1.82) is 0 Å². The van der Waals surface area contributed by atoms with E-state index in [0.29, 0.717) is 0 Å². The molecule has 1 N–H and O–H groups in total. The zero-order valence-corrected chi connectivity index (χ0v) is 12.8. The minimum atomic E-state index is 0.902. The molecule has 0 bridgehead atoms. The Morgan fingerprint density at radius 3 is 2.67 bits per heavy atom. The van der Waals surface area contributed by atoms with Crippen LogP contribution in [0.4, 0.5) is 10.3 Å². The van der Waals surface area contributed by atoms with Crippen LogP contribution in [0.5, 0.6) is 0 Å². The standard InChI is InChI=1S/C12H18N4S2/c1-5-8-10(18-12(15-8)16(3)4)9-7-17-11(14-9)13-6-2/h7H,5-6H2,1-4H3,(H,13,14). The molecule has 0 saturated heterocycles. The maximum absolute atomic E-state index is 4.65. The molecule has 2 rings (SSSR count). The third-order valence-electron chi connectivity index (χ3n) is 2.47. The molecule has 6 heteroatoms. The zero-order chi connectivity index (χ0) is 13.1. The Balaban J connectivity index is 2.35. The lowest BCUT2D eigenvalue weighted by Gasteiger charge is -2.05. The van der Waals surface area contributed by atoms with Gasteiger partial charge in [0.1, 0.15) is 0 Å². The molecule has 0 fully saturated rings. The highest BCUT2D eigenvalue weighted by Gasteiger charge is 2.15. The van der Waals surface area contributed by atoms with Crippen molar-refractivity contribution in [2.45, 2.75) is 20.3 Å². The molecule has 0 aliphatic carbocycles. The molecule has 0 spiro atoms. The molecule has 0 unspecified atom stereocenters. The van der Waals surface area contributed by atoms with Crippen LogP contribution in [0.3, 0.4) is 0 Å². The smallest absolute Gasteiger partial charge is 0.185 e. The molecule has 0 saturated carbocycles. The van der Waals surface area contributed by atoms with Gasteiger partial charge in [-0.05, 0) is 13.3 Å². The number of aromatic nitrogens is 2. The molecule has 2 heterocycles. The number of hydrogen-bond acceptors (Lipinski definition) is 6. The molecule has 0 amide bonds. The van der Waals surface area contributed by atoms with Crippen molar-refractivity contribution < 1.29 is 0 Å². The van der Waals surface area contributed by atoms with Crippen molar-refractivity contribution in [3.63, 3.8) is 0 Å². The fraction of sp³-hybridized carbons (Fsp3) is 0.500. The van der Waals surface area contributed by atoms with Crippen molar-refractivity contribution >= 4 is 32.9 Å². The summed E-state index contributed by atoms with van der Waals surface area (Å²) in [7, 11) is 4.04. The van der Waals surface area contributed by atoms with Crippen LogP contribution in [0.25, 0.3) is 10.6 Å². The molecule has 0 aromatic carbocycles. The summed E-state index contributed by atoms with van der Waals surface area (Å²) in [4.78, 5) is 12.5. The second-order valence-electron chi connectivity index (χ2n) is 4.09. The number of nitrogens with zero attached hydrogens (tertiary/aromatic N) is 3. The van der Waals surface area contributed by atoms with Gasteiger partial charge in [0.05, 0.1) is 16.3 Å². The minimum Gasteiger partial charge on any atom is -0.362 e. The largest absolute Gasteiger partial charge is 0.362 e. The number of aryl methyl sites for hydroxylation is 1. The molecule has 0 radical (unpaired) electrons. The topological polar surface area (TPSA) is 41.1 Å². The number of thiazole rings is 2. The van der Waals surface area contributed by atoms with Crippen LogP contribution >= 0.6 is 22.7 Å². The molecule has 2 aromatic rings. The fourth-order valence-electron chi connectivity index (χ4n) is 1.58. The van der Waals surface area contributed by atoms with Gasteiger partial charge in [-0.25, -0.2) is 9.97 Å². The summed E-state index contributed by atoms with van der Waals surface area (Å²) in [6.45, 7) is 5.12. The molecule has 2 aromatic heterocycles. The van der Waals surface area contributed by atoms with E-state index in [2.05, 4.69) is 34.5 Å². The van der Waals surface area contributed by atoms with E-state index in [1.807, 2.05) is 19.0 Å². The van der Waals surface area contributed by atoms with Gasteiger partial charge in [0.25, 0.3) is 0 Å². The maximum atomic E-state index is 4.65. The SMILES string of the molecule is CCNc1nc(-c2sc(N(C)C)nc2CC)cs1. The van der Waals surface area contributed by atoms with Crippen molar-refractivity contribution in [3.05, 3.63) is 11.1 Å². The van der Waals surface area contributed by atoms with Crippen LogP contribution in [0.1, 0.15) is 19.5 Å². The lowest BCUT2D eigenvalue weighted by atomic mass is 10.2. The molecule has 98 valence electrons.